The highest BCUT2D eigenvalue weighted by Gasteiger charge is 2.31. The van der Waals surface area contributed by atoms with Crippen LogP contribution in [0.25, 0.3) is 0 Å². The number of hydrogen-bond donors (Lipinski definition) is 2. The minimum Gasteiger partial charge on any atom is -0.353 e. The number of rotatable bonds is 5. The number of thioether (sulfide) groups is 1. The lowest BCUT2D eigenvalue weighted by atomic mass is 9.87. The average Bonchev–Trinajstić information content (AvgIpc) is 2.27. The molecule has 0 bridgehead atoms. The Kier molecular flexibility index (Phi) is 5.37. The Hall–Kier alpha value is -0.220. The van der Waals surface area contributed by atoms with Gasteiger partial charge in [0, 0.05) is 17.2 Å². The molecular formula is C14H26N2OS. The normalized spacial score (nSPS) is 30.6. The van der Waals surface area contributed by atoms with Crippen LogP contribution < -0.4 is 10.6 Å². The monoisotopic (exact) mass is 270 g/mol. The van der Waals surface area contributed by atoms with E-state index in [1.54, 1.807) is 0 Å². The van der Waals surface area contributed by atoms with Gasteiger partial charge < -0.3 is 10.6 Å². The first kappa shape index (κ1) is 14.2. The molecule has 1 aliphatic carbocycles. The lowest BCUT2D eigenvalue weighted by molar-refractivity contribution is -0.127. The van der Waals surface area contributed by atoms with Crippen LogP contribution in [0, 0.1) is 11.8 Å². The SMILES string of the molecule is CCSC1CCCC(NC(=O)C(C)C2CNC2)C1. The maximum absolute atomic E-state index is 12.2. The molecule has 3 unspecified atom stereocenters. The molecular weight excluding hydrogens is 244 g/mol. The summed E-state index contributed by atoms with van der Waals surface area (Å²) in [5.74, 6) is 2.18. The third kappa shape index (κ3) is 3.64. The van der Waals surface area contributed by atoms with Gasteiger partial charge in [-0.15, -0.1) is 0 Å². The smallest absolute Gasteiger partial charge is 0.223 e. The number of hydrogen-bond acceptors (Lipinski definition) is 3. The molecule has 4 heteroatoms. The van der Waals surface area contributed by atoms with Crippen LogP contribution in [0.15, 0.2) is 0 Å². The summed E-state index contributed by atoms with van der Waals surface area (Å²) in [5.41, 5.74) is 0. The molecule has 3 atom stereocenters. The van der Waals surface area contributed by atoms with Crippen molar-refractivity contribution in [3.63, 3.8) is 0 Å². The van der Waals surface area contributed by atoms with Crippen molar-refractivity contribution in [3.05, 3.63) is 0 Å². The third-order valence-corrected chi connectivity index (χ3v) is 5.54. The molecule has 1 saturated heterocycles. The van der Waals surface area contributed by atoms with Gasteiger partial charge in [-0.2, -0.15) is 11.8 Å². The summed E-state index contributed by atoms with van der Waals surface area (Å²) in [4.78, 5) is 12.2. The van der Waals surface area contributed by atoms with E-state index in [1.807, 2.05) is 0 Å². The van der Waals surface area contributed by atoms with E-state index in [-0.39, 0.29) is 11.8 Å². The van der Waals surface area contributed by atoms with Crippen molar-refractivity contribution >= 4 is 17.7 Å². The van der Waals surface area contributed by atoms with E-state index in [9.17, 15) is 4.79 Å². The Morgan fingerprint density at radius 1 is 1.44 bits per heavy atom. The maximum Gasteiger partial charge on any atom is 0.223 e. The Morgan fingerprint density at radius 2 is 2.22 bits per heavy atom. The van der Waals surface area contributed by atoms with Crippen LogP contribution in [0.5, 0.6) is 0 Å². The third-order valence-electron chi connectivity index (χ3n) is 4.31. The molecule has 0 spiro atoms. The molecule has 0 aromatic rings. The predicted molar refractivity (Wildman–Crippen MR) is 77.8 cm³/mol. The molecule has 0 aromatic heterocycles. The van der Waals surface area contributed by atoms with Crippen molar-refractivity contribution in [2.24, 2.45) is 11.8 Å². The van der Waals surface area contributed by atoms with E-state index in [2.05, 4.69) is 36.2 Å². The second-order valence-electron chi connectivity index (χ2n) is 5.66. The Balaban J connectivity index is 1.75. The maximum atomic E-state index is 12.2. The fraction of sp³-hybridized carbons (Fsp3) is 0.929. The molecule has 18 heavy (non-hydrogen) atoms. The van der Waals surface area contributed by atoms with Crippen molar-refractivity contribution in [1.29, 1.82) is 0 Å². The van der Waals surface area contributed by atoms with Gasteiger partial charge in [0.15, 0.2) is 0 Å². The minimum atomic E-state index is 0.172. The molecule has 1 saturated carbocycles. The molecule has 0 aromatic carbocycles. The standard InChI is InChI=1S/C14H26N2OS/c1-3-18-13-6-4-5-12(7-13)16-14(17)10(2)11-8-15-9-11/h10-13,15H,3-9H2,1-2H3,(H,16,17). The van der Waals surface area contributed by atoms with Gasteiger partial charge in [-0.1, -0.05) is 20.3 Å². The van der Waals surface area contributed by atoms with Crippen LogP contribution in [0.1, 0.15) is 39.5 Å². The molecule has 3 nitrogen and oxygen atoms in total. The molecule has 2 rings (SSSR count). The van der Waals surface area contributed by atoms with Crippen molar-refractivity contribution in [3.8, 4) is 0 Å². The second-order valence-corrected chi connectivity index (χ2v) is 7.23. The highest BCUT2D eigenvalue weighted by atomic mass is 32.2. The molecule has 1 aliphatic heterocycles. The van der Waals surface area contributed by atoms with Crippen molar-refractivity contribution in [1.82, 2.24) is 10.6 Å². The summed E-state index contributed by atoms with van der Waals surface area (Å²) in [6.45, 7) is 6.31. The number of nitrogens with one attached hydrogen (secondary N) is 2. The largest absolute Gasteiger partial charge is 0.353 e. The molecule has 0 radical (unpaired) electrons. The summed E-state index contributed by atoms with van der Waals surface area (Å²) < 4.78 is 0. The first-order valence-corrected chi connectivity index (χ1v) is 8.38. The molecule has 2 aliphatic rings. The van der Waals surface area contributed by atoms with E-state index in [0.717, 1.165) is 18.3 Å². The van der Waals surface area contributed by atoms with Gasteiger partial charge in [0.1, 0.15) is 0 Å². The highest BCUT2D eigenvalue weighted by molar-refractivity contribution is 7.99. The fourth-order valence-electron chi connectivity index (χ4n) is 2.87. The fourth-order valence-corrected chi connectivity index (χ4v) is 4.05. The predicted octanol–water partition coefficient (Wildman–Crippen LogP) is 2.02. The Bertz CT molecular complexity index is 279. The lowest BCUT2D eigenvalue weighted by Gasteiger charge is -2.34. The van der Waals surface area contributed by atoms with Gasteiger partial charge in [0.05, 0.1) is 0 Å². The molecule has 1 amide bonds. The zero-order chi connectivity index (χ0) is 13.0. The summed E-state index contributed by atoms with van der Waals surface area (Å²) >= 11 is 2.05. The van der Waals surface area contributed by atoms with Crippen LogP contribution >= 0.6 is 11.8 Å². The Morgan fingerprint density at radius 3 is 2.83 bits per heavy atom. The highest BCUT2D eigenvalue weighted by Crippen LogP contribution is 2.28. The molecule has 1 heterocycles. The summed E-state index contributed by atoms with van der Waals surface area (Å²) in [7, 11) is 0. The van der Waals surface area contributed by atoms with Crippen LogP contribution in [0.3, 0.4) is 0 Å². The van der Waals surface area contributed by atoms with E-state index in [0.29, 0.717) is 12.0 Å². The van der Waals surface area contributed by atoms with Crippen molar-refractivity contribution in [2.45, 2.75) is 50.8 Å². The van der Waals surface area contributed by atoms with E-state index < -0.39 is 0 Å². The van der Waals surface area contributed by atoms with Gasteiger partial charge in [-0.25, -0.2) is 0 Å². The first-order valence-electron chi connectivity index (χ1n) is 7.33. The van der Waals surface area contributed by atoms with Gasteiger partial charge in [-0.05, 0) is 44.0 Å². The van der Waals surface area contributed by atoms with Gasteiger partial charge >= 0.3 is 0 Å². The summed E-state index contributed by atoms with van der Waals surface area (Å²) in [5, 5.41) is 7.28. The number of carbonyl (C=O) groups is 1. The van der Waals surface area contributed by atoms with Crippen molar-refractivity contribution in [2.75, 3.05) is 18.8 Å². The average molecular weight is 270 g/mol. The summed E-state index contributed by atoms with van der Waals surface area (Å²) in [6.07, 6.45) is 4.93. The topological polar surface area (TPSA) is 41.1 Å². The number of amides is 1. The lowest BCUT2D eigenvalue weighted by Crippen LogP contribution is -2.51. The van der Waals surface area contributed by atoms with E-state index in [1.165, 1.54) is 31.4 Å². The van der Waals surface area contributed by atoms with Gasteiger partial charge in [-0.3, -0.25) is 4.79 Å². The molecule has 2 N–H and O–H groups in total. The molecule has 104 valence electrons. The quantitative estimate of drug-likeness (QED) is 0.803. The van der Waals surface area contributed by atoms with Crippen LogP contribution in [0.4, 0.5) is 0 Å². The van der Waals surface area contributed by atoms with Gasteiger partial charge in [0.2, 0.25) is 5.91 Å². The minimum absolute atomic E-state index is 0.172. The number of carbonyl (C=O) groups excluding carboxylic acids is 1. The first-order chi connectivity index (χ1) is 8.70. The van der Waals surface area contributed by atoms with Crippen LogP contribution in [-0.2, 0) is 4.79 Å². The van der Waals surface area contributed by atoms with E-state index >= 15 is 0 Å². The summed E-state index contributed by atoms with van der Waals surface area (Å²) in [6, 6.07) is 0.422. The zero-order valence-electron chi connectivity index (χ0n) is 11.6. The zero-order valence-corrected chi connectivity index (χ0v) is 12.4. The van der Waals surface area contributed by atoms with Crippen LogP contribution in [-0.4, -0.2) is 36.0 Å². The van der Waals surface area contributed by atoms with Gasteiger partial charge in [0.25, 0.3) is 0 Å². The Labute approximate surface area is 115 Å². The second kappa shape index (κ2) is 6.80. The molecule has 2 fully saturated rings. The van der Waals surface area contributed by atoms with E-state index in [4.69, 9.17) is 0 Å². The van der Waals surface area contributed by atoms with Crippen molar-refractivity contribution < 1.29 is 4.79 Å². The van der Waals surface area contributed by atoms with Crippen LogP contribution in [0.2, 0.25) is 0 Å².